The predicted octanol–water partition coefficient (Wildman–Crippen LogP) is 12.1. The normalized spacial score (nSPS) is 15.3. The van der Waals surface area contributed by atoms with Crippen LogP contribution >= 0.6 is 0 Å². The smallest absolute Gasteiger partial charge is 0.0992 e. The van der Waals surface area contributed by atoms with Crippen molar-refractivity contribution in [3.63, 3.8) is 0 Å². The number of benzene rings is 7. The molecule has 0 radical (unpaired) electrons. The van der Waals surface area contributed by atoms with Crippen molar-refractivity contribution < 1.29 is 0 Å². The number of nitriles is 1. The molecule has 2 unspecified atom stereocenters. The Bertz CT molecular complexity index is 2570. The topological polar surface area (TPSA) is 28.7 Å². The van der Waals surface area contributed by atoms with Crippen LogP contribution in [-0.4, -0.2) is 4.57 Å². The molecule has 0 N–H and O–H groups in total. The maximum Gasteiger partial charge on any atom is 0.0992 e. The van der Waals surface area contributed by atoms with Crippen LogP contribution in [0.5, 0.6) is 0 Å². The van der Waals surface area contributed by atoms with Crippen molar-refractivity contribution in [1.29, 1.82) is 5.26 Å². The van der Waals surface area contributed by atoms with Gasteiger partial charge >= 0.3 is 0 Å². The second-order valence-electron chi connectivity index (χ2n) is 13.3. The Morgan fingerprint density at radius 1 is 0.531 bits per heavy atom. The summed E-state index contributed by atoms with van der Waals surface area (Å²) in [6.45, 7) is 2.42. The first-order valence-electron chi connectivity index (χ1n) is 17.1. The third kappa shape index (κ3) is 4.86. The zero-order valence-electron chi connectivity index (χ0n) is 27.3. The minimum absolute atomic E-state index is 0.325. The van der Waals surface area contributed by atoms with Crippen LogP contribution in [-0.2, 0) is 6.42 Å². The molecular weight excluding hydrogens is 593 g/mol. The van der Waals surface area contributed by atoms with Crippen LogP contribution in [0, 0.1) is 11.3 Å². The molecule has 1 heterocycles. The molecule has 1 aliphatic rings. The number of hydrogen-bond acceptors (Lipinski definition) is 1. The van der Waals surface area contributed by atoms with Crippen molar-refractivity contribution in [2.45, 2.75) is 25.2 Å². The Kier molecular flexibility index (Phi) is 6.99. The summed E-state index contributed by atoms with van der Waals surface area (Å²) >= 11 is 0. The number of nitrogens with zero attached hydrogens (tertiary/aromatic N) is 2. The van der Waals surface area contributed by atoms with Gasteiger partial charge in [-0.2, -0.15) is 5.26 Å². The van der Waals surface area contributed by atoms with Crippen LogP contribution in [0.3, 0.4) is 0 Å². The molecule has 0 fully saturated rings. The Hall–Kier alpha value is -6.17. The van der Waals surface area contributed by atoms with E-state index in [1.165, 1.54) is 60.8 Å². The van der Waals surface area contributed by atoms with E-state index in [0.29, 0.717) is 17.4 Å². The van der Waals surface area contributed by atoms with E-state index < -0.39 is 0 Å². The first-order valence-corrected chi connectivity index (χ1v) is 17.1. The fraction of sp³-hybridized carbons (Fsp3) is 0.0851. The van der Waals surface area contributed by atoms with Gasteiger partial charge in [0, 0.05) is 16.5 Å². The van der Waals surface area contributed by atoms with E-state index in [2.05, 4.69) is 163 Å². The molecular formula is C47H34N2. The highest BCUT2D eigenvalue weighted by atomic mass is 15.0. The van der Waals surface area contributed by atoms with Crippen molar-refractivity contribution in [3.05, 3.63) is 186 Å². The van der Waals surface area contributed by atoms with Crippen LogP contribution in [0.15, 0.2) is 164 Å². The third-order valence-corrected chi connectivity index (χ3v) is 10.6. The summed E-state index contributed by atoms with van der Waals surface area (Å²) in [6.07, 6.45) is 0.990. The van der Waals surface area contributed by atoms with E-state index in [1.807, 2.05) is 18.2 Å². The lowest BCUT2D eigenvalue weighted by Gasteiger charge is -2.26. The van der Waals surface area contributed by atoms with Gasteiger partial charge < -0.3 is 4.57 Å². The molecule has 9 rings (SSSR count). The molecule has 2 heteroatoms. The maximum atomic E-state index is 9.60. The van der Waals surface area contributed by atoms with Gasteiger partial charge in [0.15, 0.2) is 0 Å². The van der Waals surface area contributed by atoms with Crippen LogP contribution in [0.4, 0.5) is 0 Å². The molecule has 0 amide bonds. The molecule has 1 aromatic heterocycles. The summed E-state index contributed by atoms with van der Waals surface area (Å²) in [5.41, 5.74) is 15.8. The molecule has 8 aromatic rings. The molecule has 7 aromatic carbocycles. The number of aromatic nitrogens is 1. The van der Waals surface area contributed by atoms with E-state index in [9.17, 15) is 5.26 Å². The van der Waals surface area contributed by atoms with Crippen molar-refractivity contribution in [3.8, 4) is 45.1 Å². The van der Waals surface area contributed by atoms with E-state index in [4.69, 9.17) is 0 Å². The van der Waals surface area contributed by atoms with Gasteiger partial charge in [-0.25, -0.2) is 0 Å². The van der Waals surface area contributed by atoms with Crippen molar-refractivity contribution >= 4 is 21.8 Å². The summed E-state index contributed by atoms with van der Waals surface area (Å²) in [5.74, 6) is 0.664. The molecule has 2 atom stereocenters. The van der Waals surface area contributed by atoms with Crippen LogP contribution < -0.4 is 0 Å². The van der Waals surface area contributed by atoms with Crippen LogP contribution in [0.1, 0.15) is 41.0 Å². The fourth-order valence-corrected chi connectivity index (χ4v) is 8.18. The van der Waals surface area contributed by atoms with E-state index in [-0.39, 0.29) is 0 Å². The first kappa shape index (κ1) is 29.0. The van der Waals surface area contributed by atoms with Crippen molar-refractivity contribution in [2.75, 3.05) is 0 Å². The second kappa shape index (κ2) is 11.8. The number of para-hydroxylation sites is 1. The van der Waals surface area contributed by atoms with Crippen LogP contribution in [0.25, 0.3) is 60.9 Å². The monoisotopic (exact) mass is 626 g/mol. The minimum atomic E-state index is 0.325. The molecule has 0 aliphatic heterocycles. The summed E-state index contributed by atoms with van der Waals surface area (Å²) in [4.78, 5) is 0. The third-order valence-electron chi connectivity index (χ3n) is 10.6. The Morgan fingerprint density at radius 2 is 1.24 bits per heavy atom. The summed E-state index contributed by atoms with van der Waals surface area (Å²) in [7, 11) is 0. The van der Waals surface area contributed by atoms with E-state index in [0.717, 1.165) is 23.1 Å². The Morgan fingerprint density at radius 3 is 2.12 bits per heavy atom. The Labute approximate surface area is 287 Å². The number of fused-ring (bicyclic) bond motifs is 6. The van der Waals surface area contributed by atoms with E-state index in [1.54, 1.807) is 0 Å². The summed E-state index contributed by atoms with van der Waals surface area (Å²) < 4.78 is 2.28. The van der Waals surface area contributed by atoms with Gasteiger partial charge in [-0.3, -0.25) is 0 Å². The lowest BCUT2D eigenvalue weighted by molar-refractivity contribution is 0.580. The molecule has 0 bridgehead atoms. The molecule has 49 heavy (non-hydrogen) atoms. The minimum Gasteiger partial charge on any atom is -0.309 e. The average Bonchev–Trinajstić information content (AvgIpc) is 3.44. The number of hydrogen-bond donors (Lipinski definition) is 0. The van der Waals surface area contributed by atoms with Gasteiger partial charge in [-0.15, -0.1) is 0 Å². The van der Waals surface area contributed by atoms with Gasteiger partial charge in [0.1, 0.15) is 0 Å². The molecule has 0 spiro atoms. The lowest BCUT2D eigenvalue weighted by atomic mass is 9.77. The highest BCUT2D eigenvalue weighted by Crippen LogP contribution is 2.48. The zero-order chi connectivity index (χ0) is 32.9. The first-order chi connectivity index (χ1) is 24.2. The average molecular weight is 627 g/mol. The predicted molar refractivity (Wildman–Crippen MR) is 203 cm³/mol. The standard InChI is InChI=1S/C47H34N2/c1-31-38-24-22-34(35-23-25-47-45(28-35)42-20-9-10-21-46(42)49(47)37-16-11-12-32(26-37)30-48)27-44(38)40-18-6-5-15-36(40)29-43(31)41-19-8-7-17-39(41)33-13-3-2-4-14-33/h2-28,31,43H,29H2,1H3. The second-order valence-corrected chi connectivity index (χ2v) is 13.3. The summed E-state index contributed by atoms with van der Waals surface area (Å²) in [6, 6.07) is 61.5. The molecule has 0 saturated heterocycles. The molecule has 0 saturated carbocycles. The Balaban J connectivity index is 1.19. The maximum absolute atomic E-state index is 9.60. The van der Waals surface area contributed by atoms with Crippen molar-refractivity contribution in [2.24, 2.45) is 0 Å². The van der Waals surface area contributed by atoms with Crippen molar-refractivity contribution in [1.82, 2.24) is 4.57 Å². The lowest BCUT2D eigenvalue weighted by Crippen LogP contribution is -2.11. The SMILES string of the molecule is CC1c2ccc(-c3ccc4c(c3)c3ccccc3n4-c3cccc(C#N)c3)cc2-c2ccccc2CC1c1ccccc1-c1ccccc1. The highest BCUT2D eigenvalue weighted by molar-refractivity contribution is 6.10. The highest BCUT2D eigenvalue weighted by Gasteiger charge is 2.30. The van der Waals surface area contributed by atoms with Gasteiger partial charge in [-0.05, 0) is 111 Å². The molecule has 2 nitrogen and oxygen atoms in total. The number of rotatable bonds is 4. The van der Waals surface area contributed by atoms with Gasteiger partial charge in [0.2, 0.25) is 0 Å². The van der Waals surface area contributed by atoms with Crippen LogP contribution in [0.2, 0.25) is 0 Å². The van der Waals surface area contributed by atoms with Gasteiger partial charge in [0.05, 0.1) is 22.7 Å². The van der Waals surface area contributed by atoms with E-state index >= 15 is 0 Å². The zero-order valence-corrected chi connectivity index (χ0v) is 27.3. The van der Waals surface area contributed by atoms with Gasteiger partial charge in [0.25, 0.3) is 0 Å². The fourth-order valence-electron chi connectivity index (χ4n) is 8.18. The molecule has 232 valence electrons. The molecule has 1 aliphatic carbocycles. The summed E-state index contributed by atoms with van der Waals surface area (Å²) in [5, 5.41) is 12.0. The quantitative estimate of drug-likeness (QED) is 0.191. The van der Waals surface area contributed by atoms with Gasteiger partial charge in [-0.1, -0.05) is 128 Å². The largest absolute Gasteiger partial charge is 0.309 e.